The SMILES string of the molecule is NC(C(=O)NC1C(=O)N2C(C(=O)O)=C(CSc3nnnn3CCNCC(=O)O)CS[C@H]12)c1ccc(O)cc1. The standard InChI is InChI=1S/C21H24N8O7S2/c22-14(10-1-3-12(30)4-2-10)17(33)24-15-18(34)29-16(20(35)36)11(8-37-19(15)29)9-38-21-25-26-27-28(21)6-5-23-7-13(31)32/h1-4,14-15,19,23,30H,5-9,22H2,(H,24,33)(H,31,32)(H,35,36)/t14?,15?,19-/m1/s1. The van der Waals surface area contributed by atoms with E-state index in [4.69, 9.17) is 10.8 Å². The van der Waals surface area contributed by atoms with Gasteiger partial charge in [-0.05, 0) is 33.7 Å². The number of phenols is 1. The highest BCUT2D eigenvalue weighted by molar-refractivity contribution is 8.01. The first kappa shape index (κ1) is 27.4. The summed E-state index contributed by atoms with van der Waals surface area (Å²) in [6, 6.07) is 3.80. The van der Waals surface area contributed by atoms with E-state index < -0.39 is 41.2 Å². The van der Waals surface area contributed by atoms with Crippen molar-refractivity contribution in [1.82, 2.24) is 35.7 Å². The molecule has 7 N–H and O–H groups in total. The van der Waals surface area contributed by atoms with E-state index in [9.17, 15) is 29.4 Å². The van der Waals surface area contributed by atoms with Crippen LogP contribution in [0.25, 0.3) is 0 Å². The van der Waals surface area contributed by atoms with Crippen LogP contribution < -0.4 is 16.4 Å². The van der Waals surface area contributed by atoms with Crippen molar-refractivity contribution >= 4 is 47.3 Å². The van der Waals surface area contributed by atoms with E-state index in [-0.39, 0.29) is 23.7 Å². The molecular formula is C21H24N8O7S2. The van der Waals surface area contributed by atoms with Crippen LogP contribution in [0.5, 0.6) is 5.75 Å². The number of nitrogens with two attached hydrogens (primary N) is 1. The number of β-lactam (4-membered cyclic amide) rings is 1. The van der Waals surface area contributed by atoms with Crippen LogP contribution in [-0.2, 0) is 25.7 Å². The molecule has 202 valence electrons. The molecule has 3 atom stereocenters. The number of aromatic hydroxyl groups is 1. The third-order valence-electron chi connectivity index (χ3n) is 5.73. The second-order valence-corrected chi connectivity index (χ2v) is 10.3. The number of carbonyl (C=O) groups is 4. The third-order valence-corrected chi connectivity index (χ3v) is 8.12. The number of rotatable bonds is 12. The first-order chi connectivity index (χ1) is 18.2. The van der Waals surface area contributed by atoms with Gasteiger partial charge in [-0.1, -0.05) is 23.9 Å². The summed E-state index contributed by atoms with van der Waals surface area (Å²) in [5.74, 6) is -2.86. The van der Waals surface area contributed by atoms with Gasteiger partial charge in [-0.25, -0.2) is 9.48 Å². The van der Waals surface area contributed by atoms with Gasteiger partial charge >= 0.3 is 11.9 Å². The summed E-state index contributed by atoms with van der Waals surface area (Å²) in [7, 11) is 0. The molecule has 0 spiro atoms. The molecule has 2 aromatic rings. The number of nitrogens with zero attached hydrogens (tertiary/aromatic N) is 5. The summed E-state index contributed by atoms with van der Waals surface area (Å²) in [6.45, 7) is 0.422. The zero-order valence-corrected chi connectivity index (χ0v) is 21.3. The number of phenolic OH excluding ortho intramolecular Hbond substituents is 1. The average molecular weight is 565 g/mol. The number of aromatic nitrogens is 4. The first-order valence-electron chi connectivity index (χ1n) is 11.2. The molecule has 1 aromatic heterocycles. The summed E-state index contributed by atoms with van der Waals surface area (Å²) in [4.78, 5) is 49.5. The quantitative estimate of drug-likeness (QED) is 0.0989. The summed E-state index contributed by atoms with van der Waals surface area (Å²) < 4.78 is 1.47. The van der Waals surface area contributed by atoms with Crippen molar-refractivity contribution in [3.63, 3.8) is 0 Å². The molecule has 15 nitrogen and oxygen atoms in total. The minimum Gasteiger partial charge on any atom is -0.508 e. The van der Waals surface area contributed by atoms with Gasteiger partial charge in [0.25, 0.3) is 5.91 Å². The van der Waals surface area contributed by atoms with Crippen LogP contribution in [0, 0.1) is 0 Å². The van der Waals surface area contributed by atoms with E-state index in [1.807, 2.05) is 0 Å². The summed E-state index contributed by atoms with van der Waals surface area (Å²) in [5.41, 5.74) is 6.81. The molecule has 1 fully saturated rings. The van der Waals surface area contributed by atoms with Crippen LogP contribution in [0.1, 0.15) is 11.6 Å². The lowest BCUT2D eigenvalue weighted by Gasteiger charge is -2.49. The largest absolute Gasteiger partial charge is 0.508 e. The van der Waals surface area contributed by atoms with Crippen LogP contribution in [0.3, 0.4) is 0 Å². The molecule has 0 saturated carbocycles. The Bertz CT molecular complexity index is 1270. The molecule has 1 aromatic carbocycles. The number of tetrazole rings is 1. The predicted molar refractivity (Wildman–Crippen MR) is 134 cm³/mol. The van der Waals surface area contributed by atoms with Crippen molar-refractivity contribution in [2.24, 2.45) is 5.73 Å². The maximum atomic E-state index is 12.9. The summed E-state index contributed by atoms with van der Waals surface area (Å²) >= 11 is 2.52. The normalized spacial score (nSPS) is 19.5. The van der Waals surface area contributed by atoms with E-state index in [0.717, 1.165) is 0 Å². The van der Waals surface area contributed by atoms with Gasteiger partial charge in [0.05, 0.1) is 13.1 Å². The zero-order valence-electron chi connectivity index (χ0n) is 19.7. The Kier molecular flexibility index (Phi) is 8.50. The van der Waals surface area contributed by atoms with E-state index >= 15 is 0 Å². The topological polar surface area (TPSA) is 226 Å². The van der Waals surface area contributed by atoms with E-state index in [1.165, 1.54) is 57.4 Å². The molecule has 2 aliphatic heterocycles. The number of amides is 2. The minimum atomic E-state index is -1.26. The van der Waals surface area contributed by atoms with Crippen LogP contribution in [-0.4, -0.2) is 100 Å². The van der Waals surface area contributed by atoms with Gasteiger partial charge in [0, 0.05) is 18.1 Å². The number of carboxylic acid groups (broad SMARTS) is 2. The first-order valence-corrected chi connectivity index (χ1v) is 13.3. The number of carboxylic acids is 2. The van der Waals surface area contributed by atoms with E-state index in [1.54, 1.807) is 0 Å². The number of hydrogen-bond donors (Lipinski definition) is 6. The van der Waals surface area contributed by atoms with Gasteiger partial charge in [0.2, 0.25) is 11.1 Å². The lowest BCUT2D eigenvalue weighted by atomic mass is 10.0. The second kappa shape index (κ2) is 11.8. The van der Waals surface area contributed by atoms with Gasteiger partial charge in [-0.15, -0.1) is 16.9 Å². The molecular weight excluding hydrogens is 540 g/mol. The van der Waals surface area contributed by atoms with Gasteiger partial charge in [0.1, 0.15) is 28.9 Å². The van der Waals surface area contributed by atoms with Crippen molar-refractivity contribution < 1.29 is 34.5 Å². The Morgan fingerprint density at radius 2 is 1.97 bits per heavy atom. The highest BCUT2D eigenvalue weighted by Crippen LogP contribution is 2.41. The maximum absolute atomic E-state index is 12.9. The van der Waals surface area contributed by atoms with Crippen LogP contribution in [0.4, 0.5) is 0 Å². The number of fused-ring (bicyclic) bond motifs is 1. The number of benzene rings is 1. The molecule has 2 amide bonds. The molecule has 3 heterocycles. The lowest BCUT2D eigenvalue weighted by molar-refractivity contribution is -0.150. The zero-order chi connectivity index (χ0) is 27.4. The van der Waals surface area contributed by atoms with Crippen molar-refractivity contribution in [2.75, 3.05) is 24.6 Å². The van der Waals surface area contributed by atoms with E-state index in [2.05, 4.69) is 26.2 Å². The Labute approximate surface area is 223 Å². The minimum absolute atomic E-state index is 0.0241. The Balaban J connectivity index is 1.39. The maximum Gasteiger partial charge on any atom is 0.352 e. The van der Waals surface area contributed by atoms with Crippen LogP contribution in [0.2, 0.25) is 0 Å². The van der Waals surface area contributed by atoms with Gasteiger partial charge < -0.3 is 31.7 Å². The van der Waals surface area contributed by atoms with Crippen LogP contribution >= 0.6 is 23.5 Å². The van der Waals surface area contributed by atoms with Gasteiger partial charge in [0.15, 0.2) is 0 Å². The fraction of sp³-hybridized carbons (Fsp3) is 0.381. The molecule has 2 aliphatic rings. The van der Waals surface area contributed by atoms with Crippen molar-refractivity contribution in [1.29, 1.82) is 0 Å². The smallest absolute Gasteiger partial charge is 0.352 e. The van der Waals surface area contributed by atoms with Crippen molar-refractivity contribution in [3.8, 4) is 5.75 Å². The molecule has 1 saturated heterocycles. The van der Waals surface area contributed by atoms with Crippen molar-refractivity contribution in [3.05, 3.63) is 41.1 Å². The van der Waals surface area contributed by atoms with Crippen molar-refractivity contribution in [2.45, 2.75) is 29.2 Å². The summed E-state index contributed by atoms with van der Waals surface area (Å²) in [5, 5.41) is 44.5. The Morgan fingerprint density at radius 1 is 1.24 bits per heavy atom. The third kappa shape index (κ3) is 5.90. The molecule has 0 bridgehead atoms. The Morgan fingerprint density at radius 3 is 2.66 bits per heavy atom. The predicted octanol–water partition coefficient (Wildman–Crippen LogP) is -1.42. The monoisotopic (exact) mass is 564 g/mol. The molecule has 17 heteroatoms. The molecule has 2 unspecified atom stereocenters. The molecule has 0 radical (unpaired) electrons. The fourth-order valence-electron chi connectivity index (χ4n) is 3.84. The Hall–Kier alpha value is -3.67. The lowest BCUT2D eigenvalue weighted by Crippen LogP contribution is -2.71. The highest BCUT2D eigenvalue weighted by Gasteiger charge is 2.54. The van der Waals surface area contributed by atoms with Crippen LogP contribution in [0.15, 0.2) is 40.7 Å². The number of aliphatic carboxylic acids is 2. The molecule has 4 rings (SSSR count). The molecule has 0 aliphatic carbocycles. The molecule has 38 heavy (non-hydrogen) atoms. The second-order valence-electron chi connectivity index (χ2n) is 8.27. The highest BCUT2D eigenvalue weighted by atomic mass is 32.2. The average Bonchev–Trinajstić information content (AvgIpc) is 3.34. The van der Waals surface area contributed by atoms with E-state index in [0.29, 0.717) is 35.1 Å². The van der Waals surface area contributed by atoms with Gasteiger partial charge in [-0.3, -0.25) is 19.3 Å². The number of nitrogens with one attached hydrogen (secondary N) is 2. The number of carbonyl (C=O) groups excluding carboxylic acids is 2. The number of hydrogen-bond acceptors (Lipinski definition) is 12. The summed E-state index contributed by atoms with van der Waals surface area (Å²) in [6.07, 6.45) is 0. The number of thioether (sulfide) groups is 2. The fourth-order valence-corrected chi connectivity index (χ4v) is 6.23. The van der Waals surface area contributed by atoms with Gasteiger partial charge in [-0.2, -0.15) is 0 Å².